The summed E-state index contributed by atoms with van der Waals surface area (Å²) in [7, 11) is -3.73. The van der Waals surface area contributed by atoms with Gasteiger partial charge in [0.2, 0.25) is 12.7 Å². The van der Waals surface area contributed by atoms with Crippen molar-refractivity contribution in [3.8, 4) is 11.5 Å². The van der Waals surface area contributed by atoms with Crippen LogP contribution in [-0.2, 0) is 14.6 Å². The number of sulfone groups is 1. The maximum atomic E-state index is 13.3. The molecule has 3 rings (SSSR count). The molecule has 0 aliphatic carbocycles. The molecule has 1 aliphatic heterocycles. The van der Waals surface area contributed by atoms with E-state index in [9.17, 15) is 13.2 Å². The van der Waals surface area contributed by atoms with Gasteiger partial charge < -0.3 is 14.8 Å². The Kier molecular flexibility index (Phi) is 4.98. The monoisotopic (exact) mass is 395 g/mol. The molecule has 1 aromatic heterocycles. The van der Waals surface area contributed by atoms with E-state index in [4.69, 9.17) is 9.47 Å². The summed E-state index contributed by atoms with van der Waals surface area (Å²) in [6, 6.07) is 8.14. The number of carbonyl (C=O) groups is 1. The predicted molar refractivity (Wildman–Crippen MR) is 99.3 cm³/mol. The zero-order chi connectivity index (χ0) is 18.9. The van der Waals surface area contributed by atoms with E-state index in [1.54, 1.807) is 39.0 Å². The summed E-state index contributed by atoms with van der Waals surface area (Å²) in [5, 5.41) is 3.73. The van der Waals surface area contributed by atoms with Crippen molar-refractivity contribution in [1.82, 2.24) is 5.32 Å². The lowest BCUT2D eigenvalue weighted by molar-refractivity contribution is -0.128. The highest BCUT2D eigenvalue weighted by atomic mass is 32.2. The summed E-state index contributed by atoms with van der Waals surface area (Å²) in [4.78, 5) is 13.0. The normalized spacial score (nSPS) is 14.9. The van der Waals surface area contributed by atoms with Gasteiger partial charge in [-0.2, -0.15) is 0 Å². The second-order valence-corrected chi connectivity index (χ2v) is 10.1. The summed E-state index contributed by atoms with van der Waals surface area (Å²) in [5.41, 5.74) is -0.595. The molecule has 0 saturated heterocycles. The second-order valence-electron chi connectivity index (χ2n) is 7.02. The third kappa shape index (κ3) is 3.71. The lowest BCUT2D eigenvalue weighted by Crippen LogP contribution is -2.38. The molecule has 6 nitrogen and oxygen atoms in total. The Morgan fingerprint density at radius 3 is 2.62 bits per heavy atom. The van der Waals surface area contributed by atoms with Crippen molar-refractivity contribution in [2.75, 3.05) is 13.3 Å². The topological polar surface area (TPSA) is 81.7 Å². The highest BCUT2D eigenvalue weighted by molar-refractivity contribution is 7.91. The van der Waals surface area contributed by atoms with E-state index in [0.29, 0.717) is 16.4 Å². The molecule has 1 amide bonds. The zero-order valence-electron chi connectivity index (χ0n) is 14.8. The molecular weight excluding hydrogens is 374 g/mol. The van der Waals surface area contributed by atoms with Gasteiger partial charge in [-0.25, -0.2) is 8.42 Å². The fraction of sp³-hybridized carbons (Fsp3) is 0.389. The predicted octanol–water partition coefficient (Wildman–Crippen LogP) is 3.15. The number of thiophene rings is 1. The van der Waals surface area contributed by atoms with Gasteiger partial charge in [0.05, 0.1) is 4.90 Å². The van der Waals surface area contributed by atoms with Crippen LogP contribution in [-0.4, -0.2) is 27.7 Å². The van der Waals surface area contributed by atoms with Crippen LogP contribution in [0, 0.1) is 5.41 Å². The Bertz CT molecular complexity index is 898. The van der Waals surface area contributed by atoms with E-state index in [-0.39, 0.29) is 24.1 Å². The fourth-order valence-corrected chi connectivity index (χ4v) is 5.30. The number of rotatable bonds is 5. The minimum absolute atomic E-state index is 0.00733. The van der Waals surface area contributed by atoms with Crippen LogP contribution in [0.2, 0.25) is 0 Å². The summed E-state index contributed by atoms with van der Waals surface area (Å²) < 4.78 is 37.0. The second kappa shape index (κ2) is 6.92. The van der Waals surface area contributed by atoms with Gasteiger partial charge in [-0.3, -0.25) is 4.79 Å². The highest BCUT2D eigenvalue weighted by Gasteiger charge is 2.33. The van der Waals surface area contributed by atoms with Crippen LogP contribution in [0.4, 0.5) is 0 Å². The van der Waals surface area contributed by atoms with Crippen molar-refractivity contribution >= 4 is 27.1 Å². The molecule has 2 aromatic rings. The molecule has 0 radical (unpaired) electrons. The zero-order valence-corrected chi connectivity index (χ0v) is 16.4. The van der Waals surface area contributed by atoms with E-state index < -0.39 is 20.5 Å². The molecule has 1 atom stereocenters. The molecule has 0 fully saturated rings. The van der Waals surface area contributed by atoms with Crippen LogP contribution in [0.5, 0.6) is 11.5 Å². The molecule has 0 unspecified atom stereocenters. The van der Waals surface area contributed by atoms with Gasteiger partial charge >= 0.3 is 0 Å². The van der Waals surface area contributed by atoms with Gasteiger partial charge in [0.15, 0.2) is 21.3 Å². The van der Waals surface area contributed by atoms with Gasteiger partial charge in [0, 0.05) is 22.9 Å². The van der Waals surface area contributed by atoms with Crippen LogP contribution < -0.4 is 14.8 Å². The molecule has 8 heteroatoms. The lowest BCUT2D eigenvalue weighted by Gasteiger charge is -2.22. The quantitative estimate of drug-likeness (QED) is 0.841. The van der Waals surface area contributed by atoms with E-state index in [0.717, 1.165) is 0 Å². The largest absolute Gasteiger partial charge is 0.454 e. The average molecular weight is 396 g/mol. The van der Waals surface area contributed by atoms with Gasteiger partial charge in [-0.15, -0.1) is 11.3 Å². The first kappa shape index (κ1) is 18.7. The molecule has 1 aliphatic rings. The Hall–Kier alpha value is -2.06. The first-order chi connectivity index (χ1) is 12.2. The number of benzene rings is 1. The Balaban J connectivity index is 1.92. The fourth-order valence-electron chi connectivity index (χ4n) is 2.51. The average Bonchev–Trinajstić information content (AvgIpc) is 3.24. The maximum absolute atomic E-state index is 13.3. The van der Waals surface area contributed by atoms with Crippen molar-refractivity contribution in [3.05, 3.63) is 40.6 Å². The first-order valence-electron chi connectivity index (χ1n) is 8.15. The number of fused-ring (bicyclic) bond motifs is 1. The van der Waals surface area contributed by atoms with Gasteiger partial charge in [-0.05, 0) is 23.6 Å². The number of hydrogen-bond acceptors (Lipinski definition) is 6. The smallest absolute Gasteiger partial charge is 0.231 e. The third-order valence-corrected chi connectivity index (χ3v) is 7.25. The van der Waals surface area contributed by atoms with Crippen molar-refractivity contribution in [3.63, 3.8) is 0 Å². The highest BCUT2D eigenvalue weighted by Crippen LogP contribution is 2.38. The molecular formula is C18H21NO5S2. The van der Waals surface area contributed by atoms with Crippen LogP contribution in [0.1, 0.15) is 30.9 Å². The lowest BCUT2D eigenvalue weighted by atomic mass is 9.96. The molecule has 0 spiro atoms. The minimum Gasteiger partial charge on any atom is -0.454 e. The van der Waals surface area contributed by atoms with Crippen LogP contribution >= 0.6 is 11.3 Å². The van der Waals surface area contributed by atoms with Crippen molar-refractivity contribution < 1.29 is 22.7 Å². The van der Waals surface area contributed by atoms with E-state index in [1.807, 2.05) is 5.38 Å². The summed E-state index contributed by atoms with van der Waals surface area (Å²) >= 11 is 1.35. The standard InChI is InChI=1S/C18H21NO5S2/c1-18(2,3)17(20)19-10-16(15-5-4-8-25-15)26(21,22)12-6-7-13-14(9-12)24-11-23-13/h4-9,16H,10-11H2,1-3H3,(H,19,20)/t16-/m1/s1. The van der Waals surface area contributed by atoms with Crippen molar-refractivity contribution in [2.24, 2.45) is 5.41 Å². The van der Waals surface area contributed by atoms with E-state index >= 15 is 0 Å². The number of nitrogens with one attached hydrogen (secondary N) is 1. The van der Waals surface area contributed by atoms with Crippen LogP contribution in [0.25, 0.3) is 0 Å². The maximum Gasteiger partial charge on any atom is 0.231 e. The SMILES string of the molecule is CC(C)(C)C(=O)NC[C@H](c1cccs1)S(=O)(=O)c1ccc2c(c1)OCO2. The Morgan fingerprint density at radius 2 is 1.96 bits per heavy atom. The Labute approximate surface area is 157 Å². The van der Waals surface area contributed by atoms with E-state index in [2.05, 4.69) is 5.32 Å². The number of hydrogen-bond donors (Lipinski definition) is 1. The molecule has 26 heavy (non-hydrogen) atoms. The van der Waals surface area contributed by atoms with Gasteiger partial charge in [0.1, 0.15) is 5.25 Å². The van der Waals surface area contributed by atoms with Crippen molar-refractivity contribution in [2.45, 2.75) is 30.9 Å². The molecule has 0 saturated carbocycles. The van der Waals surface area contributed by atoms with Gasteiger partial charge in [0.25, 0.3) is 0 Å². The van der Waals surface area contributed by atoms with Crippen LogP contribution in [0.3, 0.4) is 0 Å². The Morgan fingerprint density at radius 1 is 1.23 bits per heavy atom. The van der Waals surface area contributed by atoms with E-state index in [1.165, 1.54) is 23.5 Å². The molecule has 140 valence electrons. The summed E-state index contributed by atoms with van der Waals surface area (Å²) in [5.74, 6) is 0.743. The molecule has 1 aromatic carbocycles. The summed E-state index contributed by atoms with van der Waals surface area (Å²) in [6.45, 7) is 5.45. The third-order valence-electron chi connectivity index (χ3n) is 4.04. The summed E-state index contributed by atoms with van der Waals surface area (Å²) in [6.07, 6.45) is 0. The van der Waals surface area contributed by atoms with Gasteiger partial charge in [-0.1, -0.05) is 26.8 Å². The molecule has 2 heterocycles. The van der Waals surface area contributed by atoms with Crippen molar-refractivity contribution in [1.29, 1.82) is 0 Å². The number of amides is 1. The number of ether oxygens (including phenoxy) is 2. The molecule has 0 bridgehead atoms. The first-order valence-corrected chi connectivity index (χ1v) is 10.6. The molecule has 1 N–H and O–H groups in total. The minimum atomic E-state index is -3.73. The van der Waals surface area contributed by atoms with Crippen LogP contribution in [0.15, 0.2) is 40.6 Å². The number of carbonyl (C=O) groups excluding carboxylic acids is 1.